The summed E-state index contributed by atoms with van der Waals surface area (Å²) in [5.41, 5.74) is 5.80. The highest BCUT2D eigenvalue weighted by Gasteiger charge is 2.31. The zero-order valence-electron chi connectivity index (χ0n) is 9.47. The van der Waals surface area contributed by atoms with Crippen LogP contribution in [0.5, 0.6) is 0 Å². The zero-order chi connectivity index (χ0) is 13.1. The topological polar surface area (TPSA) is 119 Å². The maximum Gasteiger partial charge on any atom is 0.276 e. The molecule has 1 unspecified atom stereocenters. The van der Waals surface area contributed by atoms with Crippen molar-refractivity contribution in [1.29, 1.82) is 0 Å². The average molecular weight is 269 g/mol. The van der Waals surface area contributed by atoms with Gasteiger partial charge >= 0.3 is 0 Å². The molecule has 1 aromatic heterocycles. The molecule has 0 spiro atoms. The minimum atomic E-state index is -0.532. The molecule has 1 aliphatic heterocycles. The molecule has 8 nitrogen and oxygen atoms in total. The SMILES string of the molecule is CO/N=C(\C(=O)NC1CNC1=O)c1csc(N)n1. The second-order valence-electron chi connectivity index (χ2n) is 3.46. The highest BCUT2D eigenvalue weighted by Crippen LogP contribution is 2.12. The van der Waals surface area contributed by atoms with Crippen LogP contribution >= 0.6 is 11.3 Å². The second kappa shape index (κ2) is 5.00. The molecule has 0 aliphatic carbocycles. The molecule has 4 N–H and O–H groups in total. The molecule has 0 bridgehead atoms. The minimum Gasteiger partial charge on any atom is -0.398 e. The Labute approximate surface area is 106 Å². The molecule has 1 atom stereocenters. The van der Waals surface area contributed by atoms with Crippen molar-refractivity contribution in [2.45, 2.75) is 6.04 Å². The third kappa shape index (κ3) is 2.40. The van der Waals surface area contributed by atoms with Gasteiger partial charge in [0, 0.05) is 11.9 Å². The molecule has 1 fully saturated rings. The Morgan fingerprint density at radius 2 is 2.56 bits per heavy atom. The Kier molecular flexibility index (Phi) is 3.42. The number of nitrogens with zero attached hydrogens (tertiary/aromatic N) is 2. The van der Waals surface area contributed by atoms with E-state index in [2.05, 4.69) is 25.6 Å². The van der Waals surface area contributed by atoms with Crippen molar-refractivity contribution in [3.63, 3.8) is 0 Å². The number of thiazole rings is 1. The van der Waals surface area contributed by atoms with Crippen LogP contribution in [0.3, 0.4) is 0 Å². The van der Waals surface area contributed by atoms with Gasteiger partial charge < -0.3 is 21.2 Å². The monoisotopic (exact) mass is 269 g/mol. The van der Waals surface area contributed by atoms with Gasteiger partial charge in [0.05, 0.1) is 0 Å². The van der Waals surface area contributed by atoms with Gasteiger partial charge in [-0.3, -0.25) is 9.59 Å². The summed E-state index contributed by atoms with van der Waals surface area (Å²) < 4.78 is 0. The molecule has 2 heterocycles. The van der Waals surface area contributed by atoms with E-state index < -0.39 is 11.9 Å². The van der Waals surface area contributed by atoms with Crippen molar-refractivity contribution in [2.75, 3.05) is 19.4 Å². The maximum absolute atomic E-state index is 11.9. The number of nitrogens with two attached hydrogens (primary N) is 1. The Morgan fingerprint density at radius 3 is 3.00 bits per heavy atom. The van der Waals surface area contributed by atoms with Crippen LogP contribution in [-0.4, -0.2) is 42.2 Å². The smallest absolute Gasteiger partial charge is 0.276 e. The van der Waals surface area contributed by atoms with Crippen molar-refractivity contribution < 1.29 is 14.4 Å². The summed E-state index contributed by atoms with van der Waals surface area (Å²) >= 11 is 1.19. The van der Waals surface area contributed by atoms with Gasteiger partial charge in [0.25, 0.3) is 5.91 Å². The molecule has 9 heteroatoms. The van der Waals surface area contributed by atoms with Gasteiger partial charge in [-0.15, -0.1) is 11.3 Å². The largest absolute Gasteiger partial charge is 0.398 e. The van der Waals surface area contributed by atoms with Crippen LogP contribution in [0.4, 0.5) is 5.13 Å². The molecule has 0 saturated carbocycles. The first-order valence-corrected chi connectivity index (χ1v) is 5.91. The Morgan fingerprint density at radius 1 is 1.78 bits per heavy atom. The fraction of sp³-hybridized carbons (Fsp3) is 0.333. The third-order valence-corrected chi connectivity index (χ3v) is 2.94. The molecule has 1 saturated heterocycles. The summed E-state index contributed by atoms with van der Waals surface area (Å²) in [6.45, 7) is 0.407. The standard InChI is InChI=1S/C9H11N5O3S/c1-17-14-6(5-3-18-9(10)13-5)8(16)12-4-2-11-7(4)15/h3-4H,2H2,1H3,(H2,10,13)(H,11,15)(H,12,16)/b14-6-. The van der Waals surface area contributed by atoms with E-state index in [-0.39, 0.29) is 11.6 Å². The van der Waals surface area contributed by atoms with Crippen molar-refractivity contribution in [3.8, 4) is 0 Å². The summed E-state index contributed by atoms with van der Waals surface area (Å²) in [7, 11) is 1.32. The van der Waals surface area contributed by atoms with Crippen molar-refractivity contribution in [1.82, 2.24) is 15.6 Å². The number of nitrogens with one attached hydrogen (secondary N) is 2. The molecular weight excluding hydrogens is 258 g/mol. The number of hydrogen-bond donors (Lipinski definition) is 3. The van der Waals surface area contributed by atoms with Gasteiger partial charge in [-0.05, 0) is 0 Å². The molecule has 0 aromatic carbocycles. The van der Waals surface area contributed by atoms with Crippen LogP contribution in [-0.2, 0) is 14.4 Å². The number of carbonyl (C=O) groups excluding carboxylic acids is 2. The van der Waals surface area contributed by atoms with Crippen LogP contribution in [0, 0.1) is 0 Å². The Bertz CT molecular complexity index is 512. The van der Waals surface area contributed by atoms with Gasteiger partial charge in [0.2, 0.25) is 5.91 Å². The van der Waals surface area contributed by atoms with E-state index in [9.17, 15) is 9.59 Å². The van der Waals surface area contributed by atoms with Gasteiger partial charge in [-0.1, -0.05) is 5.16 Å². The number of rotatable bonds is 4. The molecule has 0 radical (unpaired) electrons. The number of nitrogen functional groups attached to an aromatic ring is 1. The van der Waals surface area contributed by atoms with E-state index in [0.717, 1.165) is 0 Å². The van der Waals surface area contributed by atoms with Crippen LogP contribution in [0.25, 0.3) is 0 Å². The first kappa shape index (κ1) is 12.3. The van der Waals surface area contributed by atoms with Crippen molar-refractivity contribution in [3.05, 3.63) is 11.1 Å². The number of β-lactam (4-membered cyclic amide) rings is 1. The summed E-state index contributed by atoms with van der Waals surface area (Å²) in [5, 5.41) is 10.6. The molecule has 1 aromatic rings. The van der Waals surface area contributed by atoms with Gasteiger partial charge in [0.15, 0.2) is 10.8 Å². The fourth-order valence-electron chi connectivity index (χ4n) is 1.32. The number of amides is 2. The Hall–Kier alpha value is -2.16. The summed E-state index contributed by atoms with van der Waals surface area (Å²) in [6.07, 6.45) is 0. The number of carbonyl (C=O) groups is 2. The van der Waals surface area contributed by atoms with Crippen molar-refractivity contribution >= 4 is 34.0 Å². The second-order valence-corrected chi connectivity index (χ2v) is 4.35. The highest BCUT2D eigenvalue weighted by atomic mass is 32.1. The van der Waals surface area contributed by atoms with Gasteiger partial charge in [-0.25, -0.2) is 4.98 Å². The number of anilines is 1. The lowest BCUT2D eigenvalue weighted by Gasteiger charge is -2.26. The molecular formula is C9H11N5O3S. The zero-order valence-corrected chi connectivity index (χ0v) is 10.3. The first-order valence-electron chi connectivity index (χ1n) is 5.03. The quantitative estimate of drug-likeness (QED) is 0.356. The predicted molar refractivity (Wildman–Crippen MR) is 65.0 cm³/mol. The highest BCUT2D eigenvalue weighted by molar-refractivity contribution is 7.13. The Balaban J connectivity index is 2.12. The van der Waals surface area contributed by atoms with E-state index in [1.165, 1.54) is 18.4 Å². The van der Waals surface area contributed by atoms with E-state index in [1.54, 1.807) is 5.38 Å². The number of hydrogen-bond acceptors (Lipinski definition) is 7. The lowest BCUT2D eigenvalue weighted by molar-refractivity contribution is -0.131. The van der Waals surface area contributed by atoms with Gasteiger partial charge in [-0.2, -0.15) is 0 Å². The molecule has 1 aliphatic rings. The molecule has 2 rings (SSSR count). The summed E-state index contributed by atoms with van der Waals surface area (Å²) in [5.74, 6) is -0.750. The van der Waals surface area contributed by atoms with Crippen LogP contribution in [0.1, 0.15) is 5.69 Å². The fourth-order valence-corrected chi connectivity index (χ4v) is 1.87. The lowest BCUT2D eigenvalue weighted by atomic mass is 10.1. The summed E-state index contributed by atoms with van der Waals surface area (Å²) in [6, 6.07) is -0.532. The van der Waals surface area contributed by atoms with Crippen LogP contribution in [0.2, 0.25) is 0 Å². The molecule has 18 heavy (non-hydrogen) atoms. The summed E-state index contributed by atoms with van der Waals surface area (Å²) in [4.78, 5) is 31.5. The normalized spacial score (nSPS) is 18.8. The van der Waals surface area contributed by atoms with Crippen LogP contribution in [0.15, 0.2) is 10.5 Å². The molecule has 96 valence electrons. The first-order chi connectivity index (χ1) is 8.61. The van der Waals surface area contributed by atoms with E-state index in [4.69, 9.17) is 5.73 Å². The molecule has 2 amide bonds. The minimum absolute atomic E-state index is 0.00912. The number of aromatic nitrogens is 1. The van der Waals surface area contributed by atoms with E-state index in [1.807, 2.05) is 0 Å². The number of oxime groups is 1. The van der Waals surface area contributed by atoms with Gasteiger partial charge in [0.1, 0.15) is 18.8 Å². The lowest BCUT2D eigenvalue weighted by Crippen LogP contribution is -2.62. The van der Waals surface area contributed by atoms with Crippen molar-refractivity contribution in [2.24, 2.45) is 5.16 Å². The van der Waals surface area contributed by atoms with Crippen LogP contribution < -0.4 is 16.4 Å². The maximum atomic E-state index is 11.9. The van der Waals surface area contributed by atoms with E-state index >= 15 is 0 Å². The predicted octanol–water partition coefficient (Wildman–Crippen LogP) is -1.31. The average Bonchev–Trinajstić information content (AvgIpc) is 2.77. The third-order valence-electron chi connectivity index (χ3n) is 2.26. The van der Waals surface area contributed by atoms with E-state index in [0.29, 0.717) is 17.4 Å².